The highest BCUT2D eigenvalue weighted by molar-refractivity contribution is 7.16. The number of urea groups is 1. The van der Waals surface area contributed by atoms with Crippen LogP contribution in [0.25, 0.3) is 0 Å². The van der Waals surface area contributed by atoms with Gasteiger partial charge >= 0.3 is 12.0 Å². The number of rotatable bonds is 2. The predicted octanol–water partition coefficient (Wildman–Crippen LogP) is 1.82. The topological polar surface area (TPSA) is 103 Å². The van der Waals surface area contributed by atoms with Crippen LogP contribution in [0, 0.1) is 25.2 Å². The molecule has 0 radical (unpaired) electrons. The summed E-state index contributed by atoms with van der Waals surface area (Å²) < 4.78 is 5.17. The van der Waals surface area contributed by atoms with Crippen LogP contribution in [0.2, 0.25) is 0 Å². The van der Waals surface area contributed by atoms with Gasteiger partial charge in [-0.25, -0.2) is 9.59 Å². The van der Waals surface area contributed by atoms with Gasteiger partial charge in [-0.3, -0.25) is 5.32 Å². The zero-order valence-electron chi connectivity index (χ0n) is 11.7. The van der Waals surface area contributed by atoms with Crippen LogP contribution < -0.4 is 5.32 Å². The number of carboxylic acid groups (broad SMARTS) is 1. The number of thiophene rings is 1. The Bertz CT molecular complexity index is 620. The highest BCUT2D eigenvalue weighted by atomic mass is 32.1. The number of carbonyl (C=O) groups excluding carboxylic acids is 1. The van der Waals surface area contributed by atoms with Crippen molar-refractivity contribution in [3.05, 3.63) is 16.0 Å². The molecule has 1 aromatic heterocycles. The highest BCUT2D eigenvalue weighted by Crippen LogP contribution is 2.32. The van der Waals surface area contributed by atoms with Crippen LogP contribution in [0.15, 0.2) is 0 Å². The van der Waals surface area contributed by atoms with Gasteiger partial charge in [0.25, 0.3) is 0 Å². The number of nitriles is 1. The van der Waals surface area contributed by atoms with Crippen molar-refractivity contribution in [2.45, 2.75) is 20.0 Å². The van der Waals surface area contributed by atoms with E-state index in [1.807, 2.05) is 13.0 Å². The first-order valence-corrected chi connectivity index (χ1v) is 7.16. The van der Waals surface area contributed by atoms with Crippen molar-refractivity contribution in [3.63, 3.8) is 0 Å². The molecular formula is C13H15N3O4S. The molecule has 1 aromatic rings. The lowest BCUT2D eigenvalue weighted by Crippen LogP contribution is -2.46. The molecule has 1 atom stereocenters. The molecule has 1 unspecified atom stereocenters. The van der Waals surface area contributed by atoms with Gasteiger partial charge in [0.2, 0.25) is 0 Å². The maximum absolute atomic E-state index is 12.2. The summed E-state index contributed by atoms with van der Waals surface area (Å²) in [4.78, 5) is 25.8. The van der Waals surface area contributed by atoms with Gasteiger partial charge in [0.15, 0.2) is 6.10 Å². The lowest BCUT2D eigenvalue weighted by atomic mass is 10.1. The van der Waals surface area contributed by atoms with E-state index < -0.39 is 18.1 Å². The molecule has 8 heteroatoms. The van der Waals surface area contributed by atoms with E-state index in [0.29, 0.717) is 23.7 Å². The molecule has 21 heavy (non-hydrogen) atoms. The number of hydrogen-bond donors (Lipinski definition) is 2. The van der Waals surface area contributed by atoms with Gasteiger partial charge in [0, 0.05) is 11.4 Å². The van der Waals surface area contributed by atoms with E-state index >= 15 is 0 Å². The van der Waals surface area contributed by atoms with Crippen LogP contribution in [-0.4, -0.2) is 47.8 Å². The Labute approximate surface area is 125 Å². The molecule has 1 aliphatic heterocycles. The molecule has 1 aliphatic rings. The van der Waals surface area contributed by atoms with E-state index in [4.69, 9.17) is 10.00 Å². The number of nitrogens with zero attached hydrogens (tertiary/aromatic N) is 2. The largest absolute Gasteiger partial charge is 0.478 e. The fourth-order valence-electron chi connectivity index (χ4n) is 2.06. The monoisotopic (exact) mass is 309 g/mol. The fourth-order valence-corrected chi connectivity index (χ4v) is 3.10. The molecule has 1 saturated heterocycles. The van der Waals surface area contributed by atoms with E-state index in [0.717, 1.165) is 4.88 Å². The van der Waals surface area contributed by atoms with Crippen molar-refractivity contribution in [2.24, 2.45) is 0 Å². The van der Waals surface area contributed by atoms with Crippen LogP contribution in [-0.2, 0) is 4.74 Å². The first-order chi connectivity index (χ1) is 9.93. The summed E-state index contributed by atoms with van der Waals surface area (Å²) in [6.07, 6.45) is -0.643. The second-order valence-electron chi connectivity index (χ2n) is 4.66. The summed E-state index contributed by atoms with van der Waals surface area (Å²) in [5.41, 5.74) is 0.774. The summed E-state index contributed by atoms with van der Waals surface area (Å²) in [7, 11) is 0. The smallest absolute Gasteiger partial charge is 0.338 e. The Morgan fingerprint density at radius 2 is 2.24 bits per heavy atom. The normalized spacial score (nSPS) is 18.1. The molecular weight excluding hydrogens is 294 g/mol. The summed E-state index contributed by atoms with van der Waals surface area (Å²) in [6.45, 7) is 4.36. The summed E-state index contributed by atoms with van der Waals surface area (Å²) >= 11 is 1.23. The predicted molar refractivity (Wildman–Crippen MR) is 76.7 cm³/mol. The minimum atomic E-state index is -1.07. The van der Waals surface area contributed by atoms with Crippen molar-refractivity contribution in [1.82, 2.24) is 4.90 Å². The number of morpholine rings is 1. The van der Waals surface area contributed by atoms with Crippen molar-refractivity contribution >= 4 is 28.3 Å². The average Bonchev–Trinajstić information content (AvgIpc) is 2.73. The Hall–Kier alpha value is -2.11. The molecule has 7 nitrogen and oxygen atoms in total. The molecule has 2 heterocycles. The Morgan fingerprint density at radius 1 is 1.52 bits per heavy atom. The summed E-state index contributed by atoms with van der Waals surface area (Å²) in [5.74, 6) is -1.07. The summed E-state index contributed by atoms with van der Waals surface area (Å²) in [5, 5.41) is 21.0. The number of carboxylic acids is 1. The van der Waals surface area contributed by atoms with E-state index in [9.17, 15) is 14.7 Å². The van der Waals surface area contributed by atoms with Crippen LogP contribution in [0.1, 0.15) is 20.8 Å². The van der Waals surface area contributed by atoms with Gasteiger partial charge in [0.05, 0.1) is 24.8 Å². The first kappa shape index (κ1) is 15.3. The lowest BCUT2D eigenvalue weighted by molar-refractivity contribution is 0.0181. The number of amides is 2. The number of nitrogens with one attached hydrogen (secondary N) is 1. The van der Waals surface area contributed by atoms with E-state index in [1.165, 1.54) is 16.2 Å². The molecule has 0 aliphatic carbocycles. The highest BCUT2D eigenvalue weighted by Gasteiger charge is 2.26. The molecule has 0 bridgehead atoms. The molecule has 0 aromatic carbocycles. The molecule has 112 valence electrons. The third-order valence-electron chi connectivity index (χ3n) is 3.32. The van der Waals surface area contributed by atoms with E-state index in [2.05, 4.69) is 5.32 Å². The molecule has 2 amide bonds. The molecule has 2 rings (SSSR count). The van der Waals surface area contributed by atoms with E-state index in [1.54, 1.807) is 6.92 Å². The van der Waals surface area contributed by atoms with Gasteiger partial charge in [-0.05, 0) is 19.4 Å². The number of aromatic carboxylic acids is 1. The van der Waals surface area contributed by atoms with Gasteiger partial charge in [-0.15, -0.1) is 11.3 Å². The third-order valence-corrected chi connectivity index (χ3v) is 4.44. The molecule has 0 spiro atoms. The van der Waals surface area contributed by atoms with Crippen LogP contribution in [0.5, 0.6) is 0 Å². The van der Waals surface area contributed by atoms with Gasteiger partial charge < -0.3 is 14.7 Å². The minimum absolute atomic E-state index is 0.121. The maximum Gasteiger partial charge on any atom is 0.338 e. The Kier molecular flexibility index (Phi) is 4.45. The first-order valence-electron chi connectivity index (χ1n) is 6.34. The lowest BCUT2D eigenvalue weighted by Gasteiger charge is -2.29. The fraction of sp³-hybridized carbons (Fsp3) is 0.462. The van der Waals surface area contributed by atoms with Crippen LogP contribution in [0.4, 0.5) is 9.80 Å². The number of hydrogen-bond acceptors (Lipinski definition) is 5. The zero-order chi connectivity index (χ0) is 15.6. The second-order valence-corrected chi connectivity index (χ2v) is 5.88. The average molecular weight is 309 g/mol. The Balaban J connectivity index is 2.15. The van der Waals surface area contributed by atoms with Crippen LogP contribution >= 0.6 is 11.3 Å². The zero-order valence-corrected chi connectivity index (χ0v) is 12.5. The third kappa shape index (κ3) is 3.15. The van der Waals surface area contributed by atoms with Crippen molar-refractivity contribution < 1.29 is 19.4 Å². The number of carbonyl (C=O) groups is 2. The standard InChI is InChI=1S/C13H15N3O4S/c1-7-8(2)21-11(10(7)12(17)18)15-13(19)16-3-4-20-9(5-14)6-16/h9H,3-4,6H2,1-2H3,(H,15,19)(H,17,18). The van der Waals surface area contributed by atoms with Crippen molar-refractivity contribution in [1.29, 1.82) is 5.26 Å². The number of ether oxygens (including phenoxy) is 1. The quantitative estimate of drug-likeness (QED) is 0.867. The van der Waals surface area contributed by atoms with Crippen LogP contribution in [0.3, 0.4) is 0 Å². The minimum Gasteiger partial charge on any atom is -0.478 e. The van der Waals surface area contributed by atoms with Gasteiger partial charge in [0.1, 0.15) is 5.00 Å². The van der Waals surface area contributed by atoms with Crippen molar-refractivity contribution in [2.75, 3.05) is 25.0 Å². The molecule has 0 saturated carbocycles. The number of anilines is 1. The molecule has 1 fully saturated rings. The Morgan fingerprint density at radius 3 is 2.86 bits per heavy atom. The second kappa shape index (κ2) is 6.11. The van der Waals surface area contributed by atoms with Crippen molar-refractivity contribution in [3.8, 4) is 6.07 Å². The van der Waals surface area contributed by atoms with Gasteiger partial charge in [-0.2, -0.15) is 5.26 Å². The molecule has 2 N–H and O–H groups in total. The maximum atomic E-state index is 12.2. The van der Waals surface area contributed by atoms with E-state index in [-0.39, 0.29) is 12.1 Å². The SMILES string of the molecule is Cc1sc(NC(=O)N2CCOC(C#N)C2)c(C(=O)O)c1C. The number of aryl methyl sites for hydroxylation is 1. The summed E-state index contributed by atoms with van der Waals surface area (Å²) in [6, 6.07) is 1.55. The van der Waals surface area contributed by atoms with Gasteiger partial charge in [-0.1, -0.05) is 0 Å².